The Morgan fingerprint density at radius 1 is 1.52 bits per heavy atom. The summed E-state index contributed by atoms with van der Waals surface area (Å²) in [5.41, 5.74) is 0. The summed E-state index contributed by atoms with van der Waals surface area (Å²) >= 11 is 0. The second-order valence-electron chi connectivity index (χ2n) is 6.19. The maximum atomic E-state index is 12.5. The van der Waals surface area contributed by atoms with E-state index in [0.29, 0.717) is 18.8 Å². The van der Waals surface area contributed by atoms with E-state index in [1.54, 1.807) is 17.0 Å². The number of likely N-dealkylation sites (tertiary alicyclic amines) is 1. The summed E-state index contributed by atoms with van der Waals surface area (Å²) in [4.78, 5) is 26.6. The smallest absolute Gasteiger partial charge is 0.225 e. The number of hydrogen-bond donors (Lipinski definition) is 2. The highest BCUT2D eigenvalue weighted by Crippen LogP contribution is 2.21. The van der Waals surface area contributed by atoms with Crippen molar-refractivity contribution in [3.63, 3.8) is 0 Å². The van der Waals surface area contributed by atoms with E-state index in [1.807, 2.05) is 13.8 Å². The van der Waals surface area contributed by atoms with E-state index in [2.05, 4.69) is 5.32 Å². The predicted molar refractivity (Wildman–Crippen MR) is 85.4 cm³/mol. The van der Waals surface area contributed by atoms with Gasteiger partial charge in [0.15, 0.2) is 0 Å². The SMILES string of the molecule is CCC(C)C(=O)N1CCCC(C(=O)NC(CO)c2ccco2)C1. The van der Waals surface area contributed by atoms with Gasteiger partial charge in [-0.2, -0.15) is 0 Å². The van der Waals surface area contributed by atoms with Crippen molar-refractivity contribution >= 4 is 11.8 Å². The van der Waals surface area contributed by atoms with Crippen LogP contribution in [0.15, 0.2) is 22.8 Å². The van der Waals surface area contributed by atoms with E-state index < -0.39 is 6.04 Å². The summed E-state index contributed by atoms with van der Waals surface area (Å²) in [5, 5.41) is 12.3. The van der Waals surface area contributed by atoms with Gasteiger partial charge in [-0.25, -0.2) is 0 Å². The van der Waals surface area contributed by atoms with Crippen molar-refractivity contribution in [3.05, 3.63) is 24.2 Å². The summed E-state index contributed by atoms with van der Waals surface area (Å²) in [6.45, 7) is 4.86. The molecule has 3 atom stereocenters. The molecule has 0 spiro atoms. The zero-order chi connectivity index (χ0) is 16.8. The third-order valence-corrected chi connectivity index (χ3v) is 4.52. The van der Waals surface area contributed by atoms with Crippen LogP contribution < -0.4 is 5.32 Å². The molecule has 1 aromatic heterocycles. The first kappa shape index (κ1) is 17.5. The summed E-state index contributed by atoms with van der Waals surface area (Å²) < 4.78 is 5.24. The summed E-state index contributed by atoms with van der Waals surface area (Å²) in [6.07, 6.45) is 3.89. The van der Waals surface area contributed by atoms with E-state index in [-0.39, 0.29) is 30.3 Å². The van der Waals surface area contributed by atoms with Gasteiger partial charge >= 0.3 is 0 Å². The molecule has 128 valence electrons. The number of aliphatic hydroxyl groups excluding tert-OH is 1. The fourth-order valence-corrected chi connectivity index (χ4v) is 2.86. The van der Waals surface area contributed by atoms with Crippen LogP contribution in [-0.2, 0) is 9.59 Å². The first-order valence-corrected chi connectivity index (χ1v) is 8.30. The normalized spacial score (nSPS) is 20.8. The molecule has 2 heterocycles. The first-order valence-electron chi connectivity index (χ1n) is 8.30. The molecule has 0 saturated carbocycles. The summed E-state index contributed by atoms with van der Waals surface area (Å²) in [7, 11) is 0. The highest BCUT2D eigenvalue weighted by Gasteiger charge is 2.31. The van der Waals surface area contributed by atoms with Crippen LogP contribution in [0.2, 0.25) is 0 Å². The van der Waals surface area contributed by atoms with Crippen LogP contribution in [0.25, 0.3) is 0 Å². The van der Waals surface area contributed by atoms with E-state index in [9.17, 15) is 14.7 Å². The average molecular weight is 322 g/mol. The molecule has 2 amide bonds. The van der Waals surface area contributed by atoms with Crippen LogP contribution in [0.4, 0.5) is 0 Å². The lowest BCUT2D eigenvalue weighted by molar-refractivity contribution is -0.139. The fourth-order valence-electron chi connectivity index (χ4n) is 2.86. The van der Waals surface area contributed by atoms with E-state index in [4.69, 9.17) is 4.42 Å². The van der Waals surface area contributed by atoms with Gasteiger partial charge < -0.3 is 19.7 Å². The third-order valence-electron chi connectivity index (χ3n) is 4.52. The number of hydrogen-bond acceptors (Lipinski definition) is 4. The monoisotopic (exact) mass is 322 g/mol. The quantitative estimate of drug-likeness (QED) is 0.835. The zero-order valence-corrected chi connectivity index (χ0v) is 13.8. The number of amides is 2. The third kappa shape index (κ3) is 4.34. The molecule has 0 aromatic carbocycles. The molecule has 2 rings (SSSR count). The number of carbonyl (C=O) groups is 2. The van der Waals surface area contributed by atoms with E-state index in [0.717, 1.165) is 19.3 Å². The molecule has 6 nitrogen and oxygen atoms in total. The van der Waals surface area contributed by atoms with Crippen LogP contribution in [-0.4, -0.2) is 41.5 Å². The Kier molecular flexibility index (Phi) is 6.21. The lowest BCUT2D eigenvalue weighted by Crippen LogP contribution is -2.47. The number of carbonyl (C=O) groups excluding carboxylic acids is 2. The van der Waals surface area contributed by atoms with Crippen molar-refractivity contribution < 1.29 is 19.1 Å². The van der Waals surface area contributed by atoms with Crippen LogP contribution in [0.5, 0.6) is 0 Å². The van der Waals surface area contributed by atoms with Crippen molar-refractivity contribution in [1.29, 1.82) is 0 Å². The van der Waals surface area contributed by atoms with Crippen molar-refractivity contribution in [2.75, 3.05) is 19.7 Å². The van der Waals surface area contributed by atoms with Crippen LogP contribution >= 0.6 is 0 Å². The Hall–Kier alpha value is -1.82. The molecule has 0 aliphatic carbocycles. The number of aliphatic hydroxyl groups is 1. The number of nitrogens with one attached hydrogen (secondary N) is 1. The van der Waals surface area contributed by atoms with E-state index in [1.165, 1.54) is 6.26 Å². The van der Waals surface area contributed by atoms with Crippen molar-refractivity contribution in [3.8, 4) is 0 Å². The molecule has 23 heavy (non-hydrogen) atoms. The zero-order valence-electron chi connectivity index (χ0n) is 13.8. The summed E-state index contributed by atoms with van der Waals surface area (Å²) in [5.74, 6) is 0.270. The first-order chi connectivity index (χ1) is 11.1. The Balaban J connectivity index is 1.95. The van der Waals surface area contributed by atoms with Crippen LogP contribution in [0.3, 0.4) is 0 Å². The molecule has 0 bridgehead atoms. The molecule has 1 aliphatic rings. The summed E-state index contributed by atoms with van der Waals surface area (Å²) in [6, 6.07) is 2.90. The van der Waals surface area contributed by atoms with Crippen LogP contribution in [0.1, 0.15) is 44.9 Å². The maximum Gasteiger partial charge on any atom is 0.225 e. The lowest BCUT2D eigenvalue weighted by atomic mass is 9.95. The highest BCUT2D eigenvalue weighted by molar-refractivity contribution is 5.82. The van der Waals surface area contributed by atoms with Gasteiger partial charge in [0.25, 0.3) is 0 Å². The molecule has 1 fully saturated rings. The number of furan rings is 1. The predicted octanol–water partition coefficient (Wildman–Crippen LogP) is 1.71. The van der Waals surface area contributed by atoms with Gasteiger partial charge in [0.2, 0.25) is 11.8 Å². The Labute approximate surface area is 136 Å². The average Bonchev–Trinajstić information content (AvgIpc) is 3.12. The molecule has 2 N–H and O–H groups in total. The Morgan fingerprint density at radius 3 is 2.91 bits per heavy atom. The molecular weight excluding hydrogens is 296 g/mol. The molecule has 1 aromatic rings. The van der Waals surface area contributed by atoms with E-state index >= 15 is 0 Å². The van der Waals surface area contributed by atoms with Crippen molar-refractivity contribution in [1.82, 2.24) is 10.2 Å². The second kappa shape index (κ2) is 8.15. The molecule has 1 aliphatic heterocycles. The number of nitrogens with zero attached hydrogens (tertiary/aromatic N) is 1. The number of rotatable bonds is 6. The Morgan fingerprint density at radius 2 is 2.30 bits per heavy atom. The van der Waals surface area contributed by atoms with Gasteiger partial charge in [-0.05, 0) is 31.4 Å². The molecule has 1 saturated heterocycles. The van der Waals surface area contributed by atoms with Gasteiger partial charge in [0.05, 0.1) is 18.8 Å². The van der Waals surface area contributed by atoms with Gasteiger partial charge in [-0.3, -0.25) is 9.59 Å². The highest BCUT2D eigenvalue weighted by atomic mass is 16.3. The van der Waals surface area contributed by atoms with Gasteiger partial charge in [-0.15, -0.1) is 0 Å². The largest absolute Gasteiger partial charge is 0.467 e. The topological polar surface area (TPSA) is 82.8 Å². The molecule has 0 radical (unpaired) electrons. The fraction of sp³-hybridized carbons (Fsp3) is 0.647. The number of piperidine rings is 1. The maximum absolute atomic E-state index is 12.5. The van der Waals surface area contributed by atoms with Gasteiger partial charge in [0.1, 0.15) is 11.8 Å². The van der Waals surface area contributed by atoms with Gasteiger partial charge in [-0.1, -0.05) is 13.8 Å². The lowest BCUT2D eigenvalue weighted by Gasteiger charge is -2.34. The minimum absolute atomic E-state index is 0.00915. The van der Waals surface area contributed by atoms with Crippen LogP contribution in [0, 0.1) is 11.8 Å². The standard InChI is InChI=1S/C17H26N2O4/c1-3-12(2)17(22)19-8-4-6-13(10-19)16(21)18-14(11-20)15-7-5-9-23-15/h5,7,9,12-14,20H,3-4,6,8,10-11H2,1-2H3,(H,18,21). The minimum Gasteiger partial charge on any atom is -0.467 e. The minimum atomic E-state index is -0.543. The Bertz CT molecular complexity index is 515. The van der Waals surface area contributed by atoms with Crippen molar-refractivity contribution in [2.24, 2.45) is 11.8 Å². The second-order valence-corrected chi connectivity index (χ2v) is 6.19. The molecule has 6 heteroatoms. The molecule has 3 unspecified atom stereocenters. The van der Waals surface area contributed by atoms with Crippen molar-refractivity contribution in [2.45, 2.75) is 39.2 Å². The van der Waals surface area contributed by atoms with Gasteiger partial charge in [0, 0.05) is 19.0 Å². The molecular formula is C17H26N2O4.